The number of carbonyl (C=O) groups is 1. The number of carbonyl (C=O) groups excluding carboxylic acids is 1. The number of primary amides is 1. The molecule has 0 saturated heterocycles. The highest BCUT2D eigenvalue weighted by Crippen LogP contribution is 2.50. The van der Waals surface area contributed by atoms with Gasteiger partial charge in [-0.05, 0) is 25.2 Å². The SMILES string of the molecule is NC(=O)c1sc(NCCCn2ccnc2)c(C2CC2)c1N. The minimum atomic E-state index is -0.439. The van der Waals surface area contributed by atoms with Crippen LogP contribution in [0, 0.1) is 0 Å². The van der Waals surface area contributed by atoms with Crippen LogP contribution in [0.1, 0.15) is 40.4 Å². The molecular weight excluding hydrogens is 286 g/mol. The molecule has 6 nitrogen and oxygen atoms in total. The molecule has 2 aromatic heterocycles. The van der Waals surface area contributed by atoms with E-state index in [1.165, 1.54) is 11.3 Å². The Kier molecular flexibility index (Phi) is 3.83. The lowest BCUT2D eigenvalue weighted by molar-refractivity contribution is 0.100. The maximum atomic E-state index is 11.4. The molecule has 1 aliphatic rings. The Morgan fingerprint density at radius 2 is 2.33 bits per heavy atom. The number of aryl methyl sites for hydroxylation is 1. The summed E-state index contributed by atoms with van der Waals surface area (Å²) in [5.41, 5.74) is 13.1. The van der Waals surface area contributed by atoms with Gasteiger partial charge in [0.2, 0.25) is 0 Å². The average Bonchev–Trinajstić information content (AvgIpc) is 3.03. The van der Waals surface area contributed by atoms with Crippen LogP contribution < -0.4 is 16.8 Å². The maximum absolute atomic E-state index is 11.4. The zero-order valence-corrected chi connectivity index (χ0v) is 12.5. The van der Waals surface area contributed by atoms with Gasteiger partial charge in [0.05, 0.1) is 17.0 Å². The number of amides is 1. The molecule has 112 valence electrons. The van der Waals surface area contributed by atoms with Crippen molar-refractivity contribution >= 4 is 27.9 Å². The van der Waals surface area contributed by atoms with Gasteiger partial charge >= 0.3 is 0 Å². The van der Waals surface area contributed by atoms with Gasteiger partial charge in [-0.2, -0.15) is 0 Å². The third-order valence-corrected chi connectivity index (χ3v) is 4.82. The van der Waals surface area contributed by atoms with Crippen LogP contribution >= 0.6 is 11.3 Å². The summed E-state index contributed by atoms with van der Waals surface area (Å²) in [5, 5.41) is 4.42. The Hall–Kier alpha value is -2.02. The molecule has 0 aromatic carbocycles. The Morgan fingerprint density at radius 3 is 2.95 bits per heavy atom. The van der Waals surface area contributed by atoms with Gasteiger partial charge in [-0.1, -0.05) is 0 Å². The van der Waals surface area contributed by atoms with E-state index < -0.39 is 5.91 Å². The molecule has 1 saturated carbocycles. The quantitative estimate of drug-likeness (QED) is 0.681. The summed E-state index contributed by atoms with van der Waals surface area (Å²) in [4.78, 5) is 15.9. The predicted octanol–water partition coefficient (Wildman–Crippen LogP) is 2.01. The van der Waals surface area contributed by atoms with Gasteiger partial charge in [0.15, 0.2) is 0 Å². The van der Waals surface area contributed by atoms with Crippen LogP contribution in [0.25, 0.3) is 0 Å². The van der Waals surface area contributed by atoms with Crippen molar-refractivity contribution < 1.29 is 4.79 Å². The van der Waals surface area contributed by atoms with Crippen molar-refractivity contribution in [3.05, 3.63) is 29.2 Å². The van der Waals surface area contributed by atoms with Gasteiger partial charge in [0.25, 0.3) is 5.91 Å². The van der Waals surface area contributed by atoms with Gasteiger partial charge in [-0.3, -0.25) is 4.79 Å². The highest BCUT2D eigenvalue weighted by Gasteiger charge is 2.32. The number of rotatable bonds is 7. The molecule has 0 radical (unpaired) electrons. The normalized spacial score (nSPS) is 14.3. The Morgan fingerprint density at radius 1 is 1.52 bits per heavy atom. The summed E-state index contributed by atoms with van der Waals surface area (Å²) in [6, 6.07) is 0. The van der Waals surface area contributed by atoms with Crippen LogP contribution in [0.2, 0.25) is 0 Å². The summed E-state index contributed by atoms with van der Waals surface area (Å²) >= 11 is 1.38. The van der Waals surface area contributed by atoms with Crippen molar-refractivity contribution in [3.63, 3.8) is 0 Å². The Balaban J connectivity index is 1.64. The van der Waals surface area contributed by atoms with Crippen LogP contribution in [0.4, 0.5) is 10.7 Å². The fraction of sp³-hybridized carbons (Fsp3) is 0.429. The molecule has 2 heterocycles. The first-order valence-corrected chi connectivity index (χ1v) is 7.90. The zero-order chi connectivity index (χ0) is 14.8. The van der Waals surface area contributed by atoms with Crippen LogP contribution in [0.15, 0.2) is 18.7 Å². The molecule has 1 amide bonds. The summed E-state index contributed by atoms with van der Waals surface area (Å²) in [6.45, 7) is 1.74. The Labute approximate surface area is 127 Å². The lowest BCUT2D eigenvalue weighted by Gasteiger charge is -2.07. The van der Waals surface area contributed by atoms with Crippen LogP contribution in [-0.4, -0.2) is 22.0 Å². The number of aromatic nitrogens is 2. The van der Waals surface area contributed by atoms with E-state index >= 15 is 0 Å². The van der Waals surface area contributed by atoms with E-state index in [4.69, 9.17) is 11.5 Å². The summed E-state index contributed by atoms with van der Waals surface area (Å²) in [6.07, 6.45) is 8.79. The summed E-state index contributed by atoms with van der Waals surface area (Å²) < 4.78 is 2.04. The minimum Gasteiger partial charge on any atom is -0.397 e. The number of anilines is 2. The number of nitrogens with two attached hydrogens (primary N) is 2. The second-order valence-corrected chi connectivity index (χ2v) is 6.33. The number of imidazole rings is 1. The largest absolute Gasteiger partial charge is 0.397 e. The molecule has 0 aliphatic heterocycles. The highest BCUT2D eigenvalue weighted by molar-refractivity contribution is 7.18. The second-order valence-electron chi connectivity index (χ2n) is 5.31. The second kappa shape index (κ2) is 5.77. The molecule has 0 unspecified atom stereocenters. The predicted molar refractivity (Wildman–Crippen MR) is 84.6 cm³/mol. The van der Waals surface area contributed by atoms with E-state index in [1.807, 2.05) is 17.1 Å². The third-order valence-electron chi connectivity index (χ3n) is 3.63. The minimum absolute atomic E-state index is 0.439. The maximum Gasteiger partial charge on any atom is 0.260 e. The number of hydrogen-bond donors (Lipinski definition) is 3. The monoisotopic (exact) mass is 305 g/mol. The molecule has 1 fully saturated rings. The van der Waals surface area contributed by atoms with Crippen molar-refractivity contribution in [2.45, 2.75) is 31.7 Å². The number of nitrogen functional groups attached to an aromatic ring is 1. The molecule has 0 spiro atoms. The van der Waals surface area contributed by atoms with Crippen LogP contribution in [-0.2, 0) is 6.54 Å². The first-order valence-electron chi connectivity index (χ1n) is 7.08. The number of nitrogens with one attached hydrogen (secondary N) is 1. The van der Waals surface area contributed by atoms with Crippen molar-refractivity contribution in [1.29, 1.82) is 0 Å². The fourth-order valence-electron chi connectivity index (χ4n) is 2.43. The molecular formula is C14H19N5OS. The summed E-state index contributed by atoms with van der Waals surface area (Å²) in [7, 11) is 0. The topological polar surface area (TPSA) is 99.0 Å². The van der Waals surface area contributed by atoms with E-state index in [0.29, 0.717) is 16.5 Å². The van der Waals surface area contributed by atoms with Gasteiger partial charge in [-0.25, -0.2) is 4.98 Å². The third kappa shape index (κ3) is 3.02. The number of nitrogens with zero attached hydrogens (tertiary/aromatic N) is 2. The fourth-order valence-corrected chi connectivity index (χ4v) is 3.52. The first-order chi connectivity index (χ1) is 10.2. The number of thiophene rings is 1. The van der Waals surface area contributed by atoms with Crippen LogP contribution in [0.5, 0.6) is 0 Å². The smallest absolute Gasteiger partial charge is 0.260 e. The molecule has 21 heavy (non-hydrogen) atoms. The van der Waals surface area contributed by atoms with E-state index in [2.05, 4.69) is 10.3 Å². The number of hydrogen-bond acceptors (Lipinski definition) is 5. The van der Waals surface area contributed by atoms with Crippen molar-refractivity contribution in [2.24, 2.45) is 5.73 Å². The van der Waals surface area contributed by atoms with Gasteiger partial charge in [0.1, 0.15) is 4.88 Å². The van der Waals surface area contributed by atoms with E-state index in [-0.39, 0.29) is 0 Å². The summed E-state index contributed by atoms with van der Waals surface area (Å²) in [5.74, 6) is 0.0522. The van der Waals surface area contributed by atoms with Gasteiger partial charge in [-0.15, -0.1) is 11.3 Å². The van der Waals surface area contributed by atoms with E-state index in [0.717, 1.165) is 42.9 Å². The van der Waals surface area contributed by atoms with E-state index in [1.54, 1.807) is 6.20 Å². The Bertz CT molecular complexity index is 630. The lowest BCUT2D eigenvalue weighted by Crippen LogP contribution is -2.11. The molecule has 7 heteroatoms. The van der Waals surface area contributed by atoms with Crippen molar-refractivity contribution in [2.75, 3.05) is 17.6 Å². The molecule has 0 bridgehead atoms. The standard InChI is InChI=1S/C14H19N5OS/c15-11-10(9-2-3-9)14(21-12(11)13(16)20)18-4-1-6-19-7-5-17-8-19/h5,7-9,18H,1-4,6,15H2,(H2,16,20). The van der Waals surface area contributed by atoms with Crippen LogP contribution in [0.3, 0.4) is 0 Å². The van der Waals surface area contributed by atoms with E-state index in [9.17, 15) is 4.79 Å². The molecule has 0 atom stereocenters. The molecule has 2 aromatic rings. The highest BCUT2D eigenvalue weighted by atomic mass is 32.1. The lowest BCUT2D eigenvalue weighted by atomic mass is 10.1. The molecule has 5 N–H and O–H groups in total. The molecule has 3 rings (SSSR count). The van der Waals surface area contributed by atoms with Crippen molar-refractivity contribution in [3.8, 4) is 0 Å². The van der Waals surface area contributed by atoms with Gasteiger partial charge in [0, 0.05) is 31.0 Å². The molecule has 1 aliphatic carbocycles. The van der Waals surface area contributed by atoms with Gasteiger partial charge < -0.3 is 21.4 Å². The average molecular weight is 305 g/mol. The van der Waals surface area contributed by atoms with Crippen molar-refractivity contribution in [1.82, 2.24) is 9.55 Å². The zero-order valence-electron chi connectivity index (χ0n) is 11.7. The first kappa shape index (κ1) is 13.9.